The van der Waals surface area contributed by atoms with Gasteiger partial charge in [-0.3, -0.25) is 9.09 Å². The van der Waals surface area contributed by atoms with Gasteiger partial charge in [0, 0.05) is 0 Å². The summed E-state index contributed by atoms with van der Waals surface area (Å²) in [6, 6.07) is 0. The van der Waals surface area contributed by atoms with E-state index in [1.54, 1.807) is 4.57 Å². The third kappa shape index (κ3) is 3.02. The van der Waals surface area contributed by atoms with Gasteiger partial charge >= 0.3 is 6.72 Å². The molecule has 4 atom stereocenters. The number of nitrogen functional groups attached to an aromatic ring is 1. The Bertz CT molecular complexity index is 897. The third-order valence-electron chi connectivity index (χ3n) is 3.97. The van der Waals surface area contributed by atoms with Gasteiger partial charge in [-0.2, -0.15) is 0 Å². The first-order valence-corrected chi connectivity index (χ1v) is 11.1. The molecule has 0 aliphatic carbocycles. The number of halogens is 2. The second-order valence-electron chi connectivity index (χ2n) is 6.21. The van der Waals surface area contributed by atoms with Crippen molar-refractivity contribution in [3.8, 4) is 0 Å². The van der Waals surface area contributed by atoms with E-state index in [9.17, 15) is 0 Å². The van der Waals surface area contributed by atoms with E-state index >= 15 is 0 Å². The van der Waals surface area contributed by atoms with Gasteiger partial charge in [0.25, 0.3) is 0 Å². The van der Waals surface area contributed by atoms with Crippen molar-refractivity contribution in [2.24, 2.45) is 0 Å². The Morgan fingerprint density at radius 1 is 1.42 bits per heavy atom. The van der Waals surface area contributed by atoms with E-state index in [-0.39, 0.29) is 18.5 Å². The van der Waals surface area contributed by atoms with Crippen LogP contribution in [0.15, 0.2) is 12.7 Å². The highest BCUT2D eigenvalue weighted by molar-refractivity contribution is 8.07. The first-order chi connectivity index (χ1) is 12.2. The molecule has 4 rings (SSSR count). The Hall–Kier alpha value is -0.580. The van der Waals surface area contributed by atoms with Crippen molar-refractivity contribution >= 4 is 58.7 Å². The number of fused-ring (bicyclic) bond motifs is 2. The van der Waals surface area contributed by atoms with E-state index in [0.29, 0.717) is 11.2 Å². The van der Waals surface area contributed by atoms with E-state index in [1.165, 1.54) is 12.7 Å². The van der Waals surface area contributed by atoms with Crippen LogP contribution in [0.5, 0.6) is 0 Å². The summed E-state index contributed by atoms with van der Waals surface area (Å²) in [6.45, 7) is 0.887. The van der Waals surface area contributed by atoms with Gasteiger partial charge in [-0.25, -0.2) is 15.0 Å². The Kier molecular flexibility index (Phi) is 4.69. The fraction of sp³-hybridized carbons (Fsp3) is 0.615. The largest absolute Gasteiger partial charge is 0.382 e. The lowest BCUT2D eigenvalue weighted by Gasteiger charge is -2.36. The molecule has 4 heterocycles. The van der Waals surface area contributed by atoms with Crippen LogP contribution in [0, 0.1) is 0 Å². The van der Waals surface area contributed by atoms with Crippen LogP contribution in [0.1, 0.15) is 20.1 Å². The fourth-order valence-corrected chi connectivity index (χ4v) is 6.30. The van der Waals surface area contributed by atoms with Crippen LogP contribution < -0.4 is 5.73 Å². The summed E-state index contributed by atoms with van der Waals surface area (Å²) in [7, 11) is 0. The van der Waals surface area contributed by atoms with Crippen molar-refractivity contribution in [3.63, 3.8) is 0 Å². The maximum atomic E-state index is 6.66. The molecule has 2 aliphatic rings. The molecule has 2 fully saturated rings. The number of nitrogens with two attached hydrogens (primary N) is 1. The number of ether oxygens (including phenoxy) is 1. The van der Waals surface area contributed by atoms with Gasteiger partial charge < -0.3 is 19.5 Å². The molecule has 9 nitrogen and oxygen atoms in total. The van der Waals surface area contributed by atoms with Crippen molar-refractivity contribution in [3.05, 3.63) is 12.7 Å². The molecule has 2 aromatic rings. The topological polar surface area (TPSA) is 107 Å². The molecule has 0 aromatic carbocycles. The van der Waals surface area contributed by atoms with Crippen LogP contribution in [0.2, 0.25) is 0 Å². The summed E-state index contributed by atoms with van der Waals surface area (Å²) in [5.74, 6) is 0.249. The molecule has 0 spiro atoms. The minimum atomic E-state index is -2.96. The lowest BCUT2D eigenvalue weighted by Crippen LogP contribution is -2.42. The fourth-order valence-electron chi connectivity index (χ4n) is 2.92. The molecular formula is C13H16Cl2N5O4PS. The highest BCUT2D eigenvalue weighted by Crippen LogP contribution is 2.62. The molecule has 142 valence electrons. The van der Waals surface area contributed by atoms with E-state index < -0.39 is 29.5 Å². The van der Waals surface area contributed by atoms with Gasteiger partial charge in [0.05, 0.1) is 19.0 Å². The summed E-state index contributed by atoms with van der Waals surface area (Å²) in [5, 5.41) is 0. The molecule has 4 unspecified atom stereocenters. The molecular weight excluding hydrogens is 424 g/mol. The molecule has 2 aliphatic heterocycles. The van der Waals surface area contributed by atoms with Crippen molar-refractivity contribution in [1.29, 1.82) is 0 Å². The molecule has 0 radical (unpaired) electrons. The summed E-state index contributed by atoms with van der Waals surface area (Å²) < 4.78 is 23.3. The van der Waals surface area contributed by atoms with Crippen LogP contribution in [-0.4, -0.2) is 48.8 Å². The van der Waals surface area contributed by atoms with Crippen LogP contribution in [0.25, 0.3) is 11.2 Å². The monoisotopic (exact) mass is 439 g/mol. The minimum Gasteiger partial charge on any atom is -0.382 e. The number of alkyl halides is 2. The Morgan fingerprint density at radius 3 is 2.92 bits per heavy atom. The number of rotatable bonds is 3. The predicted octanol–water partition coefficient (Wildman–Crippen LogP) is 2.54. The smallest absolute Gasteiger partial charge is 0.327 e. The summed E-state index contributed by atoms with van der Waals surface area (Å²) >= 11 is 18.7. The van der Waals surface area contributed by atoms with Crippen LogP contribution in [0.4, 0.5) is 5.82 Å². The molecule has 2 N–H and O–H groups in total. The zero-order valence-corrected chi connectivity index (χ0v) is 17.0. The average Bonchev–Trinajstić information content (AvgIpc) is 3.07. The Morgan fingerprint density at radius 2 is 2.19 bits per heavy atom. The minimum absolute atomic E-state index is 0.159. The van der Waals surface area contributed by atoms with Crippen molar-refractivity contribution < 1.29 is 18.3 Å². The third-order valence-corrected chi connectivity index (χ3v) is 7.24. The summed E-state index contributed by atoms with van der Waals surface area (Å²) in [5.41, 5.74) is 6.71. The Balaban J connectivity index is 1.68. The first-order valence-electron chi connectivity index (χ1n) is 7.79. The Labute approximate surface area is 164 Å². The molecule has 0 amide bonds. The second kappa shape index (κ2) is 6.49. The number of aromatic nitrogens is 4. The lowest BCUT2D eigenvalue weighted by atomic mass is 10.2. The quantitative estimate of drug-likeness (QED) is 0.569. The maximum Gasteiger partial charge on any atom is 0.327 e. The molecule has 0 bridgehead atoms. The maximum absolute atomic E-state index is 6.66. The standard InChI is InChI=1S/C13H16Cl2N5O4PS/c1-6(2)23-25(26)21-3-7-9(24-25)13(14,15)12(22-7)20-5-19-8-10(16)17-4-18-11(8)20/h4-7,9,12H,3H2,1-2H3,(H2,16,17,18). The van der Waals surface area contributed by atoms with E-state index in [2.05, 4.69) is 15.0 Å². The zero-order valence-electron chi connectivity index (χ0n) is 13.8. The van der Waals surface area contributed by atoms with Crippen molar-refractivity contribution in [2.45, 2.75) is 42.7 Å². The number of hydrogen-bond acceptors (Lipinski definition) is 9. The molecule has 13 heteroatoms. The summed E-state index contributed by atoms with van der Waals surface area (Å²) in [4.78, 5) is 12.3. The lowest BCUT2D eigenvalue weighted by molar-refractivity contribution is -0.0632. The van der Waals surface area contributed by atoms with E-state index in [0.717, 1.165) is 0 Å². The van der Waals surface area contributed by atoms with Gasteiger partial charge in [-0.15, -0.1) is 0 Å². The normalized spacial score (nSPS) is 33.7. The van der Waals surface area contributed by atoms with Crippen molar-refractivity contribution in [2.75, 3.05) is 12.3 Å². The van der Waals surface area contributed by atoms with Gasteiger partial charge in [-0.05, 0) is 25.7 Å². The van der Waals surface area contributed by atoms with Gasteiger partial charge in [0.15, 0.2) is 22.0 Å². The van der Waals surface area contributed by atoms with Crippen LogP contribution >= 0.6 is 29.9 Å². The van der Waals surface area contributed by atoms with Crippen molar-refractivity contribution in [1.82, 2.24) is 19.5 Å². The first kappa shape index (κ1) is 18.8. The van der Waals surface area contributed by atoms with Gasteiger partial charge in [0.1, 0.15) is 24.1 Å². The molecule has 0 saturated carbocycles. The van der Waals surface area contributed by atoms with Crippen LogP contribution in [0.3, 0.4) is 0 Å². The highest BCUT2D eigenvalue weighted by Gasteiger charge is 2.61. The SMILES string of the molecule is CC(C)OP1(=S)OCC2OC(n3cnc4c(N)ncnc43)C(Cl)(Cl)C2O1. The second-order valence-corrected chi connectivity index (χ2v) is 10.6. The summed E-state index contributed by atoms with van der Waals surface area (Å²) in [6.07, 6.45) is 0.595. The highest BCUT2D eigenvalue weighted by atomic mass is 35.5. The number of anilines is 1. The number of nitrogens with zero attached hydrogens (tertiary/aromatic N) is 4. The van der Waals surface area contributed by atoms with E-state index in [4.69, 9.17) is 59.1 Å². The zero-order chi connectivity index (χ0) is 18.7. The predicted molar refractivity (Wildman–Crippen MR) is 99.4 cm³/mol. The molecule has 2 aromatic heterocycles. The van der Waals surface area contributed by atoms with Gasteiger partial charge in [0.2, 0.25) is 0 Å². The average molecular weight is 440 g/mol. The van der Waals surface area contributed by atoms with E-state index in [1.807, 2.05) is 13.8 Å². The molecule has 26 heavy (non-hydrogen) atoms. The number of hydrogen-bond donors (Lipinski definition) is 1. The molecule has 2 saturated heterocycles. The van der Waals surface area contributed by atoms with Gasteiger partial charge in [-0.1, -0.05) is 23.2 Å². The number of imidazole rings is 1. The van der Waals surface area contributed by atoms with Crippen LogP contribution in [-0.2, 0) is 30.1 Å².